The number of ketones is 1. The maximum absolute atomic E-state index is 13.0. The predicted octanol–water partition coefficient (Wildman–Crippen LogP) is 2.56. The minimum absolute atomic E-state index is 0.0516. The molecule has 3 nitrogen and oxygen atoms in total. The van der Waals surface area contributed by atoms with E-state index in [1.165, 1.54) is 19.1 Å². The van der Waals surface area contributed by atoms with Gasteiger partial charge < -0.3 is 5.32 Å². The summed E-state index contributed by atoms with van der Waals surface area (Å²) < 4.78 is 13.0. The molecular formula is C11H9ClFNO2. The minimum atomic E-state index is -0.853. The number of halogens is 2. The number of hydrogen-bond donors (Lipinski definition) is 1. The lowest BCUT2D eigenvalue weighted by Crippen LogP contribution is -2.23. The zero-order valence-electron chi connectivity index (χ0n) is 8.51. The first-order valence-electron chi connectivity index (χ1n) is 4.38. The van der Waals surface area contributed by atoms with Gasteiger partial charge in [-0.05, 0) is 30.7 Å². The van der Waals surface area contributed by atoms with E-state index in [9.17, 15) is 14.0 Å². The van der Waals surface area contributed by atoms with Crippen LogP contribution in [0.15, 0.2) is 30.4 Å². The molecule has 0 heterocycles. The van der Waals surface area contributed by atoms with Crippen LogP contribution < -0.4 is 5.32 Å². The molecule has 0 spiro atoms. The highest BCUT2D eigenvalue weighted by molar-refractivity contribution is 6.46. The summed E-state index contributed by atoms with van der Waals surface area (Å²) in [5, 5.41) is 2.19. The number of hydrogen-bond acceptors (Lipinski definition) is 2. The third-order valence-electron chi connectivity index (χ3n) is 1.77. The molecule has 1 rings (SSSR count). The summed E-state index contributed by atoms with van der Waals surface area (Å²) in [5.74, 6) is -2.26. The van der Waals surface area contributed by atoms with Crippen LogP contribution in [0.25, 0.3) is 0 Å². The zero-order chi connectivity index (χ0) is 12.3. The van der Waals surface area contributed by atoms with Crippen molar-refractivity contribution in [3.8, 4) is 0 Å². The largest absolute Gasteiger partial charge is 0.319 e. The Labute approximate surface area is 96.9 Å². The molecule has 0 aromatic heterocycles. The summed E-state index contributed by atoms with van der Waals surface area (Å²) in [7, 11) is 0. The van der Waals surface area contributed by atoms with E-state index in [1.54, 1.807) is 0 Å². The van der Waals surface area contributed by atoms with E-state index >= 15 is 0 Å². The molecule has 0 radical (unpaired) electrons. The zero-order valence-corrected chi connectivity index (χ0v) is 9.27. The van der Waals surface area contributed by atoms with Gasteiger partial charge in [-0.3, -0.25) is 9.59 Å². The van der Waals surface area contributed by atoms with Crippen LogP contribution in [0, 0.1) is 5.82 Å². The van der Waals surface area contributed by atoms with Gasteiger partial charge in [0.2, 0.25) is 5.78 Å². The number of carbonyl (C=O) groups is 2. The van der Waals surface area contributed by atoms with Crippen molar-refractivity contribution in [2.45, 2.75) is 6.92 Å². The second kappa shape index (κ2) is 4.90. The Morgan fingerprint density at radius 2 is 2.06 bits per heavy atom. The number of amides is 1. The lowest BCUT2D eigenvalue weighted by Gasteiger charge is -2.04. The molecule has 0 fully saturated rings. The van der Waals surface area contributed by atoms with Crippen LogP contribution in [0.1, 0.15) is 6.92 Å². The third kappa shape index (κ3) is 2.90. The van der Waals surface area contributed by atoms with E-state index in [1.807, 2.05) is 0 Å². The Balaban J connectivity index is 2.81. The first-order chi connectivity index (χ1) is 7.41. The van der Waals surface area contributed by atoms with Crippen molar-refractivity contribution in [2.75, 3.05) is 5.32 Å². The average Bonchev–Trinajstić information content (AvgIpc) is 2.22. The highest BCUT2D eigenvalue weighted by Crippen LogP contribution is 2.18. The van der Waals surface area contributed by atoms with Crippen molar-refractivity contribution in [3.63, 3.8) is 0 Å². The quantitative estimate of drug-likeness (QED) is 0.653. The molecule has 0 aliphatic rings. The number of benzene rings is 1. The second-order valence-corrected chi connectivity index (χ2v) is 3.60. The molecule has 1 aromatic rings. The fourth-order valence-corrected chi connectivity index (χ4v) is 1.07. The molecule has 16 heavy (non-hydrogen) atoms. The second-order valence-electron chi connectivity index (χ2n) is 3.19. The van der Waals surface area contributed by atoms with Crippen LogP contribution >= 0.6 is 11.6 Å². The Hall–Kier alpha value is -1.68. The van der Waals surface area contributed by atoms with Gasteiger partial charge >= 0.3 is 0 Å². The van der Waals surface area contributed by atoms with E-state index < -0.39 is 17.5 Å². The van der Waals surface area contributed by atoms with E-state index in [0.717, 1.165) is 6.07 Å². The molecule has 0 saturated carbocycles. The van der Waals surface area contributed by atoms with Gasteiger partial charge in [-0.2, -0.15) is 0 Å². The van der Waals surface area contributed by atoms with E-state index in [4.69, 9.17) is 11.6 Å². The molecule has 0 atom stereocenters. The van der Waals surface area contributed by atoms with Gasteiger partial charge in [0.05, 0.1) is 5.02 Å². The smallest absolute Gasteiger partial charge is 0.296 e. The van der Waals surface area contributed by atoms with Gasteiger partial charge in [0.1, 0.15) is 5.82 Å². The van der Waals surface area contributed by atoms with Gasteiger partial charge in [-0.25, -0.2) is 4.39 Å². The Morgan fingerprint density at radius 1 is 1.44 bits per heavy atom. The molecule has 5 heteroatoms. The van der Waals surface area contributed by atoms with Crippen LogP contribution in [-0.2, 0) is 9.59 Å². The molecule has 1 N–H and O–H groups in total. The molecule has 0 saturated heterocycles. The van der Waals surface area contributed by atoms with Crippen molar-refractivity contribution in [1.29, 1.82) is 0 Å². The van der Waals surface area contributed by atoms with Crippen LogP contribution in [0.3, 0.4) is 0 Å². The Kier molecular flexibility index (Phi) is 3.79. The summed E-state index contributed by atoms with van der Waals surface area (Å²) in [6.07, 6.45) is 0. The molecular weight excluding hydrogens is 233 g/mol. The van der Waals surface area contributed by atoms with Crippen molar-refractivity contribution in [1.82, 2.24) is 0 Å². The van der Waals surface area contributed by atoms with Crippen molar-refractivity contribution < 1.29 is 14.0 Å². The highest BCUT2D eigenvalue weighted by Gasteiger charge is 2.14. The van der Waals surface area contributed by atoms with E-state index in [0.29, 0.717) is 0 Å². The van der Waals surface area contributed by atoms with Crippen LogP contribution in [0.2, 0.25) is 5.02 Å². The first-order valence-corrected chi connectivity index (χ1v) is 4.76. The van der Waals surface area contributed by atoms with Gasteiger partial charge in [-0.15, -0.1) is 0 Å². The third-order valence-corrected chi connectivity index (χ3v) is 2.08. The summed E-state index contributed by atoms with van der Waals surface area (Å²) in [5.41, 5.74) is 0.286. The normalized spacial score (nSPS) is 9.69. The van der Waals surface area contributed by atoms with Crippen LogP contribution in [-0.4, -0.2) is 11.7 Å². The van der Waals surface area contributed by atoms with Crippen molar-refractivity contribution in [3.05, 3.63) is 41.2 Å². The monoisotopic (exact) mass is 241 g/mol. The molecule has 0 bridgehead atoms. The number of carbonyl (C=O) groups excluding carboxylic acids is 2. The molecule has 1 amide bonds. The minimum Gasteiger partial charge on any atom is -0.319 e. The van der Waals surface area contributed by atoms with Crippen molar-refractivity contribution in [2.24, 2.45) is 0 Å². The van der Waals surface area contributed by atoms with E-state index in [-0.39, 0.29) is 16.3 Å². The fourth-order valence-electron chi connectivity index (χ4n) is 0.956. The van der Waals surface area contributed by atoms with Gasteiger partial charge in [-0.1, -0.05) is 18.2 Å². The van der Waals surface area contributed by atoms with E-state index in [2.05, 4.69) is 11.9 Å². The molecule has 0 aliphatic heterocycles. The Bertz CT molecular complexity index is 471. The number of Topliss-reactive ketones (excluding diaryl/α,β-unsaturated/α-hetero) is 1. The first kappa shape index (κ1) is 12.4. The van der Waals surface area contributed by atoms with Gasteiger partial charge in [0.25, 0.3) is 5.91 Å². The van der Waals surface area contributed by atoms with Crippen LogP contribution in [0.4, 0.5) is 10.1 Å². The van der Waals surface area contributed by atoms with Gasteiger partial charge in [0.15, 0.2) is 0 Å². The summed E-state index contributed by atoms with van der Waals surface area (Å²) >= 11 is 5.46. The number of nitrogens with one attached hydrogen (secondary N) is 1. The SMILES string of the molecule is C=C(C)C(=O)C(=O)Nc1ccc(Cl)c(F)c1. The number of anilines is 1. The highest BCUT2D eigenvalue weighted by atomic mass is 35.5. The van der Waals surface area contributed by atoms with Crippen LogP contribution in [0.5, 0.6) is 0 Å². The number of rotatable bonds is 3. The maximum atomic E-state index is 13.0. The standard InChI is InChI=1S/C11H9ClFNO2/c1-6(2)10(15)11(16)14-7-3-4-8(12)9(13)5-7/h3-5H,1H2,2H3,(H,14,16). The average molecular weight is 242 g/mol. The maximum Gasteiger partial charge on any atom is 0.296 e. The lowest BCUT2D eigenvalue weighted by molar-refractivity contribution is -0.132. The molecule has 84 valence electrons. The summed E-state index contributed by atoms with van der Waals surface area (Å²) in [4.78, 5) is 22.4. The fraction of sp³-hybridized carbons (Fsp3) is 0.0909. The van der Waals surface area contributed by atoms with Gasteiger partial charge in [0, 0.05) is 5.69 Å². The molecule has 0 aliphatic carbocycles. The topological polar surface area (TPSA) is 46.2 Å². The Morgan fingerprint density at radius 3 is 2.56 bits per heavy atom. The lowest BCUT2D eigenvalue weighted by atomic mass is 10.2. The molecule has 1 aromatic carbocycles. The predicted molar refractivity (Wildman–Crippen MR) is 59.9 cm³/mol. The molecule has 0 unspecified atom stereocenters. The van der Waals surface area contributed by atoms with Crippen molar-refractivity contribution >= 4 is 29.0 Å². The summed E-state index contributed by atoms with van der Waals surface area (Å²) in [6, 6.07) is 3.72. The summed E-state index contributed by atoms with van der Waals surface area (Å²) in [6.45, 7) is 4.76.